The first-order valence-electron chi connectivity index (χ1n) is 7.22. The molecule has 98 valence electrons. The van der Waals surface area contributed by atoms with Crippen molar-refractivity contribution in [1.82, 2.24) is 0 Å². The highest BCUT2D eigenvalue weighted by Crippen LogP contribution is 2.69. The second-order valence-electron chi connectivity index (χ2n) is 7.50. The maximum Gasteiger partial charge on any atom is 0.171 e. The summed E-state index contributed by atoms with van der Waals surface area (Å²) in [6.07, 6.45) is 5.78. The quantitative estimate of drug-likeness (QED) is 0.759. The molecule has 1 unspecified atom stereocenters. The monoisotopic (exact) mass is 238 g/mol. The summed E-state index contributed by atoms with van der Waals surface area (Å²) in [6, 6.07) is 0. The van der Waals surface area contributed by atoms with Crippen LogP contribution in [0.3, 0.4) is 0 Å². The van der Waals surface area contributed by atoms with Crippen molar-refractivity contribution in [3.8, 4) is 0 Å². The summed E-state index contributed by atoms with van der Waals surface area (Å²) in [6.45, 7) is 9.24. The van der Waals surface area contributed by atoms with Crippen molar-refractivity contribution in [2.75, 3.05) is 0 Å². The van der Waals surface area contributed by atoms with Crippen molar-refractivity contribution in [3.63, 3.8) is 0 Å². The van der Waals surface area contributed by atoms with Gasteiger partial charge in [-0.15, -0.1) is 0 Å². The van der Waals surface area contributed by atoms with Gasteiger partial charge in [0, 0.05) is 11.8 Å². The van der Waals surface area contributed by atoms with Gasteiger partial charge in [0.2, 0.25) is 0 Å². The Hall–Kier alpha value is -0.0800. The molecule has 2 heterocycles. The zero-order valence-electron chi connectivity index (χ0n) is 11.6. The first-order chi connectivity index (χ1) is 7.81. The van der Waals surface area contributed by atoms with Crippen molar-refractivity contribution >= 4 is 0 Å². The number of hydrogen-bond donors (Lipinski definition) is 1. The Morgan fingerprint density at radius 1 is 1.18 bits per heavy atom. The molecule has 1 N–H and O–H groups in total. The molecule has 2 heteroatoms. The van der Waals surface area contributed by atoms with Gasteiger partial charge in [-0.25, -0.2) is 0 Å². The second kappa shape index (κ2) is 3.27. The Morgan fingerprint density at radius 2 is 1.88 bits per heavy atom. The van der Waals surface area contributed by atoms with Gasteiger partial charge in [-0.2, -0.15) is 0 Å². The van der Waals surface area contributed by atoms with Crippen LogP contribution in [0.4, 0.5) is 0 Å². The fourth-order valence-electron chi connectivity index (χ4n) is 4.91. The van der Waals surface area contributed by atoms with E-state index in [0.29, 0.717) is 11.8 Å². The average Bonchev–Trinajstić information content (AvgIpc) is 2.18. The summed E-state index contributed by atoms with van der Waals surface area (Å²) in [5, 5.41) is 10.9. The Balaban J connectivity index is 2.02. The molecule has 4 aliphatic rings. The highest BCUT2D eigenvalue weighted by Gasteiger charge is 2.69. The van der Waals surface area contributed by atoms with Crippen LogP contribution in [0.1, 0.15) is 59.8 Å². The fraction of sp³-hybridized carbons (Fsp3) is 1.00. The first-order valence-corrected chi connectivity index (χ1v) is 7.22. The van der Waals surface area contributed by atoms with E-state index in [-0.39, 0.29) is 16.9 Å². The maximum atomic E-state index is 10.9. The molecule has 2 saturated heterocycles. The molecular weight excluding hydrogens is 212 g/mol. The average molecular weight is 238 g/mol. The van der Waals surface area contributed by atoms with Gasteiger partial charge in [0.25, 0.3) is 0 Å². The third-order valence-corrected chi connectivity index (χ3v) is 6.41. The van der Waals surface area contributed by atoms with Gasteiger partial charge >= 0.3 is 0 Å². The van der Waals surface area contributed by atoms with Crippen LogP contribution in [0.5, 0.6) is 0 Å². The van der Waals surface area contributed by atoms with Crippen molar-refractivity contribution < 1.29 is 9.84 Å². The molecule has 0 spiro atoms. The van der Waals surface area contributed by atoms with E-state index in [1.165, 1.54) is 6.42 Å². The third-order valence-electron chi connectivity index (χ3n) is 6.41. The molecular formula is C15H26O2. The van der Waals surface area contributed by atoms with Crippen LogP contribution in [0.15, 0.2) is 0 Å². The summed E-state index contributed by atoms with van der Waals surface area (Å²) < 4.78 is 6.14. The standard InChI is InChI=1S/C15H26O2/c1-10(2)11-8-14(4)13(3)6-5-7-15(14,16)17-12(11)9-13/h10-12,16H,5-9H2,1-4H3/t11-,12-,13+,14-,15?/m1/s1. The van der Waals surface area contributed by atoms with E-state index in [1.807, 2.05) is 0 Å². The summed E-state index contributed by atoms with van der Waals surface area (Å²) in [4.78, 5) is 0. The minimum Gasteiger partial charge on any atom is -0.365 e. The second-order valence-corrected chi connectivity index (χ2v) is 7.50. The predicted molar refractivity (Wildman–Crippen MR) is 67.4 cm³/mol. The molecule has 0 radical (unpaired) electrons. The third kappa shape index (κ3) is 1.29. The summed E-state index contributed by atoms with van der Waals surface area (Å²) in [5.41, 5.74) is 0.246. The van der Waals surface area contributed by atoms with Gasteiger partial charge in [0.05, 0.1) is 6.10 Å². The van der Waals surface area contributed by atoms with Crippen LogP contribution in [-0.4, -0.2) is 17.0 Å². The molecule has 0 amide bonds. The van der Waals surface area contributed by atoms with E-state index < -0.39 is 5.79 Å². The number of hydrogen-bond acceptors (Lipinski definition) is 2. The van der Waals surface area contributed by atoms with Crippen molar-refractivity contribution in [3.05, 3.63) is 0 Å². The highest BCUT2D eigenvalue weighted by atomic mass is 16.6. The van der Waals surface area contributed by atoms with Crippen molar-refractivity contribution in [2.24, 2.45) is 22.7 Å². The number of ether oxygens (including phenoxy) is 1. The van der Waals surface area contributed by atoms with Crippen molar-refractivity contribution in [2.45, 2.75) is 71.7 Å². The van der Waals surface area contributed by atoms with Crippen LogP contribution in [0.25, 0.3) is 0 Å². The predicted octanol–water partition coefficient (Wildman–Crippen LogP) is 3.34. The van der Waals surface area contributed by atoms with E-state index in [4.69, 9.17) is 4.74 Å². The van der Waals surface area contributed by atoms with Gasteiger partial charge in [-0.3, -0.25) is 0 Å². The van der Waals surface area contributed by atoms with Gasteiger partial charge in [0.15, 0.2) is 5.79 Å². The smallest absolute Gasteiger partial charge is 0.171 e. The Labute approximate surface area is 105 Å². The van der Waals surface area contributed by atoms with E-state index in [0.717, 1.165) is 25.7 Å². The van der Waals surface area contributed by atoms with Crippen LogP contribution >= 0.6 is 0 Å². The number of rotatable bonds is 1. The van der Waals surface area contributed by atoms with E-state index in [2.05, 4.69) is 27.7 Å². The molecule has 0 aromatic carbocycles. The lowest BCUT2D eigenvalue weighted by Gasteiger charge is -2.69. The lowest BCUT2D eigenvalue weighted by atomic mass is 9.44. The minimum absolute atomic E-state index is 0.0397. The Bertz CT molecular complexity index is 318. The topological polar surface area (TPSA) is 29.5 Å². The Kier molecular flexibility index (Phi) is 2.30. The molecule has 4 fully saturated rings. The molecule has 4 rings (SSSR count). The van der Waals surface area contributed by atoms with Crippen LogP contribution < -0.4 is 0 Å². The van der Waals surface area contributed by atoms with Gasteiger partial charge < -0.3 is 9.84 Å². The first kappa shape index (κ1) is 12.0. The van der Waals surface area contributed by atoms with Gasteiger partial charge in [-0.1, -0.05) is 27.7 Å². The number of fused-ring (bicyclic) bond motifs is 1. The molecule has 2 aliphatic heterocycles. The maximum absolute atomic E-state index is 10.9. The zero-order chi connectivity index (χ0) is 12.5. The summed E-state index contributed by atoms with van der Waals surface area (Å²) in [5.74, 6) is 0.452. The molecule has 4 bridgehead atoms. The zero-order valence-corrected chi connectivity index (χ0v) is 11.6. The van der Waals surface area contributed by atoms with Crippen LogP contribution in [0.2, 0.25) is 0 Å². The number of aliphatic hydroxyl groups is 1. The van der Waals surface area contributed by atoms with E-state index in [1.54, 1.807) is 0 Å². The molecule has 2 aliphatic carbocycles. The van der Waals surface area contributed by atoms with Gasteiger partial charge in [0.1, 0.15) is 0 Å². The van der Waals surface area contributed by atoms with E-state index >= 15 is 0 Å². The Morgan fingerprint density at radius 3 is 2.47 bits per heavy atom. The lowest BCUT2D eigenvalue weighted by Crippen LogP contribution is -2.71. The molecule has 0 aromatic rings. The lowest BCUT2D eigenvalue weighted by molar-refractivity contribution is -0.409. The molecule has 2 nitrogen and oxygen atoms in total. The highest BCUT2D eigenvalue weighted by molar-refractivity contribution is 5.14. The van der Waals surface area contributed by atoms with Crippen LogP contribution in [-0.2, 0) is 4.74 Å². The minimum atomic E-state index is -0.839. The molecule has 2 saturated carbocycles. The largest absolute Gasteiger partial charge is 0.365 e. The summed E-state index contributed by atoms with van der Waals surface area (Å²) >= 11 is 0. The SMILES string of the molecule is CC(C)[C@H]1C[C@@]2(C)C3(O)CCC[C@@]2(C)C[C@H]1O3. The van der Waals surface area contributed by atoms with Gasteiger partial charge in [-0.05, 0) is 42.9 Å². The van der Waals surface area contributed by atoms with Crippen LogP contribution in [0, 0.1) is 22.7 Å². The molecule has 17 heavy (non-hydrogen) atoms. The van der Waals surface area contributed by atoms with E-state index in [9.17, 15) is 5.11 Å². The van der Waals surface area contributed by atoms with Crippen molar-refractivity contribution in [1.29, 1.82) is 0 Å². The fourth-order valence-corrected chi connectivity index (χ4v) is 4.91. The molecule has 5 atom stereocenters. The molecule has 0 aromatic heterocycles. The summed E-state index contributed by atoms with van der Waals surface area (Å²) in [7, 11) is 0. The normalized spacial score (nSPS) is 57.5.